The van der Waals surface area contributed by atoms with Gasteiger partial charge in [0.25, 0.3) is 5.69 Å². The van der Waals surface area contributed by atoms with E-state index >= 15 is 0 Å². The maximum Gasteiger partial charge on any atom is 0.272 e. The summed E-state index contributed by atoms with van der Waals surface area (Å²) in [5.74, 6) is 0. The Morgan fingerprint density at radius 2 is 1.76 bits per heavy atom. The second-order valence-electron chi connectivity index (χ2n) is 3.82. The van der Waals surface area contributed by atoms with Gasteiger partial charge in [-0.1, -0.05) is 37.3 Å². The number of rotatable bonds is 3. The van der Waals surface area contributed by atoms with Crippen molar-refractivity contribution < 1.29 is 4.92 Å². The first-order valence-electron chi connectivity index (χ1n) is 5.55. The fourth-order valence-corrected chi connectivity index (χ4v) is 1.86. The topological polar surface area (TPSA) is 43.1 Å². The lowest BCUT2D eigenvalue weighted by Gasteiger charge is -2.05. The largest absolute Gasteiger partial charge is 0.272 e. The van der Waals surface area contributed by atoms with E-state index in [2.05, 4.69) is 0 Å². The van der Waals surface area contributed by atoms with Gasteiger partial charge in [0.15, 0.2) is 0 Å². The van der Waals surface area contributed by atoms with Crippen LogP contribution in [0.15, 0.2) is 48.5 Å². The molecule has 86 valence electrons. The Labute approximate surface area is 99.9 Å². The van der Waals surface area contributed by atoms with E-state index in [1.54, 1.807) is 12.1 Å². The molecule has 0 unspecified atom stereocenters. The summed E-state index contributed by atoms with van der Waals surface area (Å²) in [6.07, 6.45) is 0.664. The molecule has 0 bridgehead atoms. The summed E-state index contributed by atoms with van der Waals surface area (Å²) in [7, 11) is 0. The van der Waals surface area contributed by atoms with Crippen LogP contribution in [-0.2, 0) is 6.42 Å². The van der Waals surface area contributed by atoms with Crippen molar-refractivity contribution in [2.75, 3.05) is 0 Å². The van der Waals surface area contributed by atoms with Crippen LogP contribution in [0.4, 0.5) is 5.69 Å². The average molecular weight is 227 g/mol. The number of hydrogen-bond donors (Lipinski definition) is 0. The number of aryl methyl sites for hydroxylation is 1. The Morgan fingerprint density at radius 3 is 2.35 bits per heavy atom. The zero-order valence-electron chi connectivity index (χ0n) is 9.59. The van der Waals surface area contributed by atoms with E-state index in [9.17, 15) is 10.1 Å². The molecule has 17 heavy (non-hydrogen) atoms. The van der Waals surface area contributed by atoms with Crippen molar-refractivity contribution in [3.8, 4) is 11.1 Å². The second-order valence-corrected chi connectivity index (χ2v) is 3.82. The number of nitrogens with zero attached hydrogens (tertiary/aromatic N) is 1. The number of hydrogen-bond acceptors (Lipinski definition) is 2. The zero-order valence-corrected chi connectivity index (χ0v) is 9.59. The number of benzene rings is 2. The molecule has 2 rings (SSSR count). The highest BCUT2D eigenvalue weighted by Crippen LogP contribution is 2.26. The van der Waals surface area contributed by atoms with Gasteiger partial charge in [-0.2, -0.15) is 0 Å². The molecule has 0 N–H and O–H groups in total. The summed E-state index contributed by atoms with van der Waals surface area (Å²) in [6, 6.07) is 15.2. The van der Waals surface area contributed by atoms with Gasteiger partial charge in [-0.3, -0.25) is 10.1 Å². The highest BCUT2D eigenvalue weighted by Gasteiger charge is 2.12. The van der Waals surface area contributed by atoms with Crippen LogP contribution in [0.1, 0.15) is 12.5 Å². The molecule has 0 spiro atoms. The lowest BCUT2D eigenvalue weighted by Crippen LogP contribution is -1.94. The molecule has 3 heteroatoms. The van der Waals surface area contributed by atoms with Crippen LogP contribution in [0.5, 0.6) is 0 Å². The molecule has 0 heterocycles. The van der Waals surface area contributed by atoms with E-state index in [1.165, 1.54) is 0 Å². The molecular formula is C14H13NO2. The second kappa shape index (κ2) is 4.78. The standard InChI is InChI=1S/C14H13NO2/c1-2-11-10-13(8-9-14(11)15(16)17)12-6-4-3-5-7-12/h3-10H,2H2,1H3. The van der Waals surface area contributed by atoms with Gasteiger partial charge in [0.1, 0.15) is 0 Å². The van der Waals surface area contributed by atoms with E-state index in [-0.39, 0.29) is 10.6 Å². The van der Waals surface area contributed by atoms with Gasteiger partial charge in [0, 0.05) is 11.6 Å². The minimum Gasteiger partial charge on any atom is -0.258 e. The zero-order chi connectivity index (χ0) is 12.3. The van der Waals surface area contributed by atoms with E-state index in [0.717, 1.165) is 16.7 Å². The molecule has 0 aromatic heterocycles. The first-order chi connectivity index (χ1) is 8.22. The van der Waals surface area contributed by atoms with E-state index < -0.39 is 0 Å². The summed E-state index contributed by atoms with van der Waals surface area (Å²) in [4.78, 5) is 10.5. The van der Waals surface area contributed by atoms with Crippen LogP contribution in [-0.4, -0.2) is 4.92 Å². The van der Waals surface area contributed by atoms with Gasteiger partial charge in [-0.15, -0.1) is 0 Å². The Hall–Kier alpha value is -2.16. The van der Waals surface area contributed by atoms with Gasteiger partial charge in [-0.05, 0) is 29.7 Å². The molecule has 3 nitrogen and oxygen atoms in total. The molecule has 0 saturated carbocycles. The molecule has 0 aliphatic heterocycles. The van der Waals surface area contributed by atoms with Crippen molar-refractivity contribution >= 4 is 5.69 Å². The molecule has 0 amide bonds. The first kappa shape index (κ1) is 11.3. The molecule has 2 aromatic carbocycles. The fourth-order valence-electron chi connectivity index (χ4n) is 1.86. The molecule has 0 fully saturated rings. The quantitative estimate of drug-likeness (QED) is 0.590. The van der Waals surface area contributed by atoms with Gasteiger partial charge in [0.05, 0.1) is 4.92 Å². The van der Waals surface area contributed by atoms with Crippen molar-refractivity contribution in [1.82, 2.24) is 0 Å². The molecule has 0 radical (unpaired) electrons. The summed E-state index contributed by atoms with van der Waals surface area (Å²) in [6.45, 7) is 1.93. The predicted molar refractivity (Wildman–Crippen MR) is 67.9 cm³/mol. The minimum absolute atomic E-state index is 0.201. The summed E-state index contributed by atoms with van der Waals surface area (Å²) in [5.41, 5.74) is 3.08. The van der Waals surface area contributed by atoms with Gasteiger partial charge < -0.3 is 0 Å². The van der Waals surface area contributed by atoms with E-state index in [0.29, 0.717) is 6.42 Å². The third-order valence-electron chi connectivity index (χ3n) is 2.76. The van der Waals surface area contributed by atoms with Crippen molar-refractivity contribution in [3.63, 3.8) is 0 Å². The molecular weight excluding hydrogens is 214 g/mol. The Bertz CT molecular complexity index is 535. The molecule has 0 saturated heterocycles. The molecule has 0 aliphatic carbocycles. The summed E-state index contributed by atoms with van der Waals surface area (Å²) >= 11 is 0. The summed E-state index contributed by atoms with van der Waals surface area (Å²) in [5, 5.41) is 10.8. The maximum atomic E-state index is 10.8. The van der Waals surface area contributed by atoms with E-state index in [4.69, 9.17) is 0 Å². The SMILES string of the molecule is CCc1cc(-c2ccccc2)ccc1[N+](=O)[O-]. The Balaban J connectivity index is 2.49. The van der Waals surface area contributed by atoms with Gasteiger partial charge >= 0.3 is 0 Å². The van der Waals surface area contributed by atoms with E-state index in [1.807, 2.05) is 43.3 Å². The monoisotopic (exact) mass is 227 g/mol. The Morgan fingerprint density at radius 1 is 1.06 bits per heavy atom. The van der Waals surface area contributed by atoms with Crippen LogP contribution in [0, 0.1) is 10.1 Å². The fraction of sp³-hybridized carbons (Fsp3) is 0.143. The van der Waals surface area contributed by atoms with Crippen LogP contribution < -0.4 is 0 Å². The minimum atomic E-state index is -0.326. The lowest BCUT2D eigenvalue weighted by atomic mass is 10.0. The summed E-state index contributed by atoms with van der Waals surface area (Å²) < 4.78 is 0. The first-order valence-corrected chi connectivity index (χ1v) is 5.55. The van der Waals surface area contributed by atoms with Gasteiger partial charge in [0.2, 0.25) is 0 Å². The smallest absolute Gasteiger partial charge is 0.258 e. The normalized spacial score (nSPS) is 10.2. The van der Waals surface area contributed by atoms with Crippen molar-refractivity contribution in [3.05, 3.63) is 64.2 Å². The third kappa shape index (κ3) is 2.33. The Kier molecular flexibility index (Phi) is 3.19. The number of nitro benzene ring substituents is 1. The van der Waals surface area contributed by atoms with Gasteiger partial charge in [-0.25, -0.2) is 0 Å². The predicted octanol–water partition coefficient (Wildman–Crippen LogP) is 3.82. The highest BCUT2D eigenvalue weighted by atomic mass is 16.6. The molecule has 0 aliphatic rings. The van der Waals surface area contributed by atoms with Crippen LogP contribution in [0.2, 0.25) is 0 Å². The molecule has 0 atom stereocenters. The van der Waals surface area contributed by atoms with Crippen molar-refractivity contribution in [2.45, 2.75) is 13.3 Å². The van der Waals surface area contributed by atoms with Crippen LogP contribution in [0.3, 0.4) is 0 Å². The maximum absolute atomic E-state index is 10.8. The highest BCUT2D eigenvalue weighted by molar-refractivity contribution is 5.66. The number of nitro groups is 1. The van der Waals surface area contributed by atoms with Crippen LogP contribution in [0.25, 0.3) is 11.1 Å². The average Bonchev–Trinajstić information content (AvgIpc) is 2.39. The third-order valence-corrected chi connectivity index (χ3v) is 2.76. The van der Waals surface area contributed by atoms with Crippen molar-refractivity contribution in [1.29, 1.82) is 0 Å². The molecule has 2 aromatic rings. The lowest BCUT2D eigenvalue weighted by molar-refractivity contribution is -0.385. The van der Waals surface area contributed by atoms with Crippen molar-refractivity contribution in [2.24, 2.45) is 0 Å². The van der Waals surface area contributed by atoms with Crippen LogP contribution >= 0.6 is 0 Å².